The van der Waals surface area contributed by atoms with E-state index in [0.717, 1.165) is 4.47 Å². The number of hydrogen-bond acceptors (Lipinski definition) is 3. The van der Waals surface area contributed by atoms with Crippen LogP contribution in [0.15, 0.2) is 28.7 Å². The Balaban J connectivity index is 2.23. The molecule has 0 saturated heterocycles. The first-order valence-corrected chi connectivity index (χ1v) is 7.12. The van der Waals surface area contributed by atoms with Crippen molar-refractivity contribution < 1.29 is 19.4 Å². The lowest BCUT2D eigenvalue weighted by Gasteiger charge is -2.16. The van der Waals surface area contributed by atoms with Gasteiger partial charge in [0.05, 0.1) is 13.0 Å². The topological polar surface area (TPSA) is 66.8 Å². The van der Waals surface area contributed by atoms with E-state index in [-0.39, 0.29) is 18.7 Å². The molecule has 0 spiro atoms. The van der Waals surface area contributed by atoms with Gasteiger partial charge in [-0.3, -0.25) is 9.59 Å². The third-order valence-electron chi connectivity index (χ3n) is 2.69. The van der Waals surface area contributed by atoms with Crippen LogP contribution in [0.1, 0.15) is 19.3 Å². The van der Waals surface area contributed by atoms with Gasteiger partial charge in [-0.05, 0) is 24.6 Å². The molecular weight excluding hydrogens is 326 g/mol. The highest BCUT2D eigenvalue weighted by Gasteiger charge is 2.09. The monoisotopic (exact) mass is 343 g/mol. The van der Waals surface area contributed by atoms with E-state index in [2.05, 4.69) is 15.9 Å². The zero-order chi connectivity index (χ0) is 15.0. The molecule has 0 unspecified atom stereocenters. The van der Waals surface area contributed by atoms with Gasteiger partial charge >= 0.3 is 5.97 Å². The average molecular weight is 344 g/mol. The van der Waals surface area contributed by atoms with Crippen LogP contribution in [0.2, 0.25) is 0 Å². The molecule has 0 aliphatic heterocycles. The minimum Gasteiger partial charge on any atom is -0.493 e. The van der Waals surface area contributed by atoms with Crippen LogP contribution >= 0.6 is 15.9 Å². The molecule has 1 aromatic carbocycles. The van der Waals surface area contributed by atoms with Crippen molar-refractivity contribution in [3.8, 4) is 5.75 Å². The fourth-order valence-electron chi connectivity index (χ4n) is 1.60. The number of benzene rings is 1. The molecule has 20 heavy (non-hydrogen) atoms. The summed E-state index contributed by atoms with van der Waals surface area (Å²) in [6.45, 7) is 0.751. The number of nitrogens with zero attached hydrogens (tertiary/aromatic N) is 1. The van der Waals surface area contributed by atoms with E-state index in [1.165, 1.54) is 4.90 Å². The lowest BCUT2D eigenvalue weighted by atomic mass is 10.3. The summed E-state index contributed by atoms with van der Waals surface area (Å²) in [6.07, 6.45) is 0.812. The molecule has 1 N–H and O–H groups in total. The normalized spacial score (nSPS) is 10.1. The number of carboxylic acid groups (broad SMARTS) is 1. The Morgan fingerprint density at radius 2 is 2.10 bits per heavy atom. The van der Waals surface area contributed by atoms with Gasteiger partial charge in [0.2, 0.25) is 5.91 Å². The number of aliphatic carboxylic acids is 1. The minimum atomic E-state index is -0.844. The van der Waals surface area contributed by atoms with E-state index in [9.17, 15) is 9.59 Å². The van der Waals surface area contributed by atoms with E-state index >= 15 is 0 Å². The molecule has 0 saturated carbocycles. The molecule has 6 heteroatoms. The summed E-state index contributed by atoms with van der Waals surface area (Å²) in [4.78, 5) is 23.7. The third-order valence-corrected chi connectivity index (χ3v) is 3.18. The Hall–Kier alpha value is -1.56. The van der Waals surface area contributed by atoms with Gasteiger partial charge in [0, 0.05) is 24.5 Å². The zero-order valence-electron chi connectivity index (χ0n) is 11.3. The van der Waals surface area contributed by atoms with Crippen molar-refractivity contribution in [1.82, 2.24) is 4.90 Å². The van der Waals surface area contributed by atoms with Crippen molar-refractivity contribution in [3.05, 3.63) is 28.7 Å². The number of ether oxygens (including phenoxy) is 1. The predicted molar refractivity (Wildman–Crippen MR) is 78.8 cm³/mol. The summed E-state index contributed by atoms with van der Waals surface area (Å²) in [5.41, 5.74) is 0. The Kier molecular flexibility index (Phi) is 7.08. The van der Waals surface area contributed by atoms with E-state index in [1.54, 1.807) is 7.05 Å². The van der Waals surface area contributed by atoms with Crippen molar-refractivity contribution in [2.24, 2.45) is 0 Å². The van der Waals surface area contributed by atoms with Crippen molar-refractivity contribution in [3.63, 3.8) is 0 Å². The predicted octanol–water partition coefficient (Wildman–Crippen LogP) is 2.54. The van der Waals surface area contributed by atoms with E-state index in [4.69, 9.17) is 9.84 Å². The SMILES string of the molecule is CN(CCCC(=O)O)C(=O)CCOc1cccc(Br)c1. The average Bonchev–Trinajstić information content (AvgIpc) is 2.38. The second-order valence-corrected chi connectivity index (χ2v) is 5.28. The van der Waals surface area contributed by atoms with Crippen LogP contribution in [-0.4, -0.2) is 42.1 Å². The lowest BCUT2D eigenvalue weighted by Crippen LogP contribution is -2.29. The van der Waals surface area contributed by atoms with Gasteiger partial charge in [0.1, 0.15) is 5.75 Å². The quantitative estimate of drug-likeness (QED) is 0.787. The molecule has 0 radical (unpaired) electrons. The first-order chi connectivity index (χ1) is 9.49. The minimum absolute atomic E-state index is 0.0506. The standard InChI is InChI=1S/C14H18BrNO4/c1-16(8-3-6-14(18)19)13(17)7-9-20-12-5-2-4-11(15)10-12/h2,4-5,10H,3,6-9H2,1H3,(H,18,19). The summed E-state index contributed by atoms with van der Waals surface area (Å²) in [5.74, 6) is -0.185. The van der Waals surface area contributed by atoms with Gasteiger partial charge in [-0.1, -0.05) is 22.0 Å². The summed E-state index contributed by atoms with van der Waals surface area (Å²) in [6, 6.07) is 7.42. The number of halogens is 1. The van der Waals surface area contributed by atoms with Crippen LogP contribution in [0, 0.1) is 0 Å². The molecule has 0 aliphatic carbocycles. The summed E-state index contributed by atoms with van der Waals surface area (Å²) in [5, 5.41) is 8.53. The van der Waals surface area contributed by atoms with E-state index in [0.29, 0.717) is 25.3 Å². The van der Waals surface area contributed by atoms with Crippen molar-refractivity contribution in [2.45, 2.75) is 19.3 Å². The van der Waals surface area contributed by atoms with Crippen LogP contribution < -0.4 is 4.74 Å². The molecule has 0 bridgehead atoms. The molecule has 0 fully saturated rings. The van der Waals surface area contributed by atoms with Crippen LogP contribution in [0.25, 0.3) is 0 Å². The number of hydrogen-bond donors (Lipinski definition) is 1. The summed E-state index contributed by atoms with van der Waals surface area (Å²) in [7, 11) is 1.67. The number of carbonyl (C=O) groups excluding carboxylic acids is 1. The van der Waals surface area contributed by atoms with E-state index < -0.39 is 5.97 Å². The molecule has 0 aliphatic rings. The number of amides is 1. The van der Waals surface area contributed by atoms with Crippen molar-refractivity contribution in [2.75, 3.05) is 20.2 Å². The summed E-state index contributed by atoms with van der Waals surface area (Å²) >= 11 is 3.34. The Labute approximate surface area is 126 Å². The second-order valence-electron chi connectivity index (χ2n) is 4.37. The smallest absolute Gasteiger partial charge is 0.303 e. The van der Waals surface area contributed by atoms with Crippen molar-refractivity contribution in [1.29, 1.82) is 0 Å². The van der Waals surface area contributed by atoms with Crippen LogP contribution in [-0.2, 0) is 9.59 Å². The molecule has 1 rings (SSSR count). The van der Waals surface area contributed by atoms with Crippen LogP contribution in [0.5, 0.6) is 5.75 Å². The van der Waals surface area contributed by atoms with Gasteiger partial charge < -0.3 is 14.7 Å². The highest BCUT2D eigenvalue weighted by atomic mass is 79.9. The molecule has 110 valence electrons. The highest BCUT2D eigenvalue weighted by molar-refractivity contribution is 9.10. The van der Waals surface area contributed by atoms with Gasteiger partial charge in [-0.25, -0.2) is 0 Å². The van der Waals surface area contributed by atoms with E-state index in [1.807, 2.05) is 24.3 Å². The molecule has 0 heterocycles. The molecule has 5 nitrogen and oxygen atoms in total. The fourth-order valence-corrected chi connectivity index (χ4v) is 1.97. The third kappa shape index (κ3) is 6.56. The molecule has 0 aromatic heterocycles. The number of rotatable bonds is 8. The fraction of sp³-hybridized carbons (Fsp3) is 0.429. The molecule has 1 amide bonds. The maximum Gasteiger partial charge on any atom is 0.303 e. The van der Waals surface area contributed by atoms with Crippen LogP contribution in [0.3, 0.4) is 0 Å². The zero-order valence-corrected chi connectivity index (χ0v) is 12.9. The Morgan fingerprint density at radius 3 is 2.75 bits per heavy atom. The first-order valence-electron chi connectivity index (χ1n) is 6.33. The largest absolute Gasteiger partial charge is 0.493 e. The maximum atomic E-state index is 11.8. The molecule has 1 aromatic rings. The van der Waals surface area contributed by atoms with Crippen molar-refractivity contribution >= 4 is 27.8 Å². The van der Waals surface area contributed by atoms with Gasteiger partial charge in [0.15, 0.2) is 0 Å². The highest BCUT2D eigenvalue weighted by Crippen LogP contribution is 2.17. The van der Waals surface area contributed by atoms with Gasteiger partial charge in [0.25, 0.3) is 0 Å². The number of carbonyl (C=O) groups is 2. The molecular formula is C14H18BrNO4. The van der Waals surface area contributed by atoms with Gasteiger partial charge in [-0.15, -0.1) is 0 Å². The second kappa shape index (κ2) is 8.58. The van der Waals surface area contributed by atoms with Crippen LogP contribution in [0.4, 0.5) is 0 Å². The number of carboxylic acids is 1. The maximum absolute atomic E-state index is 11.8. The van der Waals surface area contributed by atoms with Gasteiger partial charge in [-0.2, -0.15) is 0 Å². The Morgan fingerprint density at radius 1 is 1.35 bits per heavy atom. The Bertz CT molecular complexity index is 464. The lowest BCUT2D eigenvalue weighted by molar-refractivity contribution is -0.138. The summed E-state index contributed by atoms with van der Waals surface area (Å²) < 4.78 is 6.40. The first kappa shape index (κ1) is 16.5. The molecule has 0 atom stereocenters.